The topological polar surface area (TPSA) is 50.4 Å². The van der Waals surface area contributed by atoms with Crippen LogP contribution in [0.25, 0.3) is 0 Å². The van der Waals surface area contributed by atoms with Crippen LogP contribution in [0.3, 0.4) is 0 Å². The number of aryl methyl sites for hydroxylation is 2. The number of allylic oxidation sites excluding steroid dienone is 3. The predicted molar refractivity (Wildman–Crippen MR) is 150 cm³/mol. The van der Waals surface area contributed by atoms with Crippen molar-refractivity contribution in [3.63, 3.8) is 0 Å². The minimum absolute atomic E-state index is 0.709. The Morgan fingerprint density at radius 1 is 0.969 bits per heavy atom. The molecule has 1 rings (SSSR count). The van der Waals surface area contributed by atoms with Gasteiger partial charge in [-0.25, -0.2) is 0 Å². The molecule has 0 spiro atoms. The largest absolute Gasteiger partial charge is 0.397 e. The number of hydrogen-bond acceptors (Lipinski definition) is 3. The number of unbranched alkanes of at least 4 members (excludes halogenated alkanes) is 1. The molecule has 0 atom stereocenters. The van der Waals surface area contributed by atoms with Crippen LogP contribution in [-0.4, -0.2) is 19.3 Å². The van der Waals surface area contributed by atoms with E-state index in [1.54, 1.807) is 7.05 Å². The third-order valence-corrected chi connectivity index (χ3v) is 4.66. The molecule has 1 aromatic rings. The van der Waals surface area contributed by atoms with Crippen molar-refractivity contribution in [1.82, 2.24) is 5.32 Å². The molecule has 0 aromatic heterocycles. The second-order valence-electron chi connectivity index (χ2n) is 7.65. The average Bonchev–Trinajstić information content (AvgIpc) is 2.82. The lowest BCUT2D eigenvalue weighted by molar-refractivity contribution is 0.776. The summed E-state index contributed by atoms with van der Waals surface area (Å²) in [6.45, 7) is 27.2. The smallest absolute Gasteiger partial charge is 0.0575 e. The highest BCUT2D eigenvalue weighted by Gasteiger charge is 2.03. The van der Waals surface area contributed by atoms with Crippen molar-refractivity contribution in [3.8, 4) is 0 Å². The van der Waals surface area contributed by atoms with Crippen molar-refractivity contribution < 1.29 is 0 Å². The number of nitrogens with zero attached hydrogens (tertiary/aromatic N) is 1. The van der Waals surface area contributed by atoms with Gasteiger partial charge in [0.05, 0.1) is 11.4 Å². The molecule has 0 saturated heterocycles. The molecule has 0 amide bonds. The molecule has 0 heterocycles. The maximum atomic E-state index is 5.89. The number of aliphatic imine (C=N–C) groups is 1. The van der Waals surface area contributed by atoms with Gasteiger partial charge in [0.15, 0.2) is 0 Å². The molecule has 32 heavy (non-hydrogen) atoms. The highest BCUT2D eigenvalue weighted by molar-refractivity contribution is 5.98. The molecule has 0 saturated carbocycles. The minimum atomic E-state index is 0.709. The first-order valence-corrected chi connectivity index (χ1v) is 12.2. The van der Waals surface area contributed by atoms with Gasteiger partial charge in [-0.15, -0.1) is 6.58 Å². The minimum Gasteiger partial charge on any atom is -0.397 e. The Kier molecular flexibility index (Phi) is 25.1. The molecule has 0 aliphatic carbocycles. The summed E-state index contributed by atoms with van der Waals surface area (Å²) >= 11 is 0. The zero-order valence-corrected chi connectivity index (χ0v) is 23.0. The first-order valence-electron chi connectivity index (χ1n) is 12.2. The maximum Gasteiger partial charge on any atom is 0.0575 e. The normalized spacial score (nSPS) is 10.8. The van der Waals surface area contributed by atoms with E-state index in [4.69, 9.17) is 5.73 Å². The summed E-state index contributed by atoms with van der Waals surface area (Å²) in [6.07, 6.45) is 6.01. The van der Waals surface area contributed by atoms with E-state index >= 15 is 0 Å². The van der Waals surface area contributed by atoms with Gasteiger partial charge in [0.25, 0.3) is 0 Å². The van der Waals surface area contributed by atoms with Crippen molar-refractivity contribution in [2.45, 2.75) is 94.4 Å². The molecular formula is C29H53N3. The Labute approximate surface area is 201 Å². The molecule has 0 aliphatic heterocycles. The van der Waals surface area contributed by atoms with E-state index in [-0.39, 0.29) is 0 Å². The summed E-state index contributed by atoms with van der Waals surface area (Å²) in [7, 11) is 1.73. The molecule has 184 valence electrons. The van der Waals surface area contributed by atoms with Gasteiger partial charge in [0.2, 0.25) is 0 Å². The molecular weight excluding hydrogens is 390 g/mol. The van der Waals surface area contributed by atoms with Gasteiger partial charge in [-0.05, 0) is 64.5 Å². The summed E-state index contributed by atoms with van der Waals surface area (Å²) in [5, 5.41) is 3.20. The Morgan fingerprint density at radius 2 is 1.50 bits per heavy atom. The zero-order valence-electron chi connectivity index (χ0n) is 23.0. The van der Waals surface area contributed by atoms with E-state index in [9.17, 15) is 0 Å². The van der Waals surface area contributed by atoms with Gasteiger partial charge in [0, 0.05) is 19.3 Å². The van der Waals surface area contributed by atoms with Crippen LogP contribution in [0.15, 0.2) is 65.0 Å². The standard InChI is InChI=1S/C11H21N3.C9H12.C7H14.C2H6/c1-6-7-14-9(3)8(2)11(12)10(4)13-5;1-3-9-6-4-8(2)5-7-9;1-4-5-6-7(2)3;1-2/h14H,3,6-7,12H2,1-2,4-5H3;4-7H,3H2,1-2H3;2,4-6H2,1,3H3;1-2H3/b11-8+,13-10?;;;. The molecule has 1 aromatic carbocycles. The van der Waals surface area contributed by atoms with Crippen LogP contribution < -0.4 is 11.1 Å². The van der Waals surface area contributed by atoms with E-state index in [1.807, 2.05) is 27.7 Å². The second-order valence-corrected chi connectivity index (χ2v) is 7.65. The Balaban J connectivity index is -0.000000402. The van der Waals surface area contributed by atoms with Crippen molar-refractivity contribution in [2.75, 3.05) is 13.6 Å². The van der Waals surface area contributed by atoms with Gasteiger partial charge in [-0.2, -0.15) is 0 Å². The molecule has 3 heteroatoms. The first-order chi connectivity index (χ1) is 15.1. The molecule has 0 aliphatic rings. The fourth-order valence-corrected chi connectivity index (χ4v) is 2.27. The second kappa shape index (κ2) is 23.4. The summed E-state index contributed by atoms with van der Waals surface area (Å²) in [6, 6.07) is 8.66. The first kappa shape index (κ1) is 34.3. The van der Waals surface area contributed by atoms with Crippen LogP contribution in [0.2, 0.25) is 0 Å². The van der Waals surface area contributed by atoms with Gasteiger partial charge in [-0.1, -0.05) is 83.0 Å². The number of hydrogen-bond donors (Lipinski definition) is 2. The number of benzene rings is 1. The van der Waals surface area contributed by atoms with Crippen LogP contribution >= 0.6 is 0 Å². The molecule has 0 radical (unpaired) electrons. The van der Waals surface area contributed by atoms with Gasteiger partial charge < -0.3 is 11.1 Å². The third kappa shape index (κ3) is 19.7. The third-order valence-electron chi connectivity index (χ3n) is 4.66. The SMILES string of the molecule is C=C(C)CCCC.C=C(NCCC)/C(C)=C(/N)C(C)=NC.CC.CCc1ccc(C)cc1. The fourth-order valence-electron chi connectivity index (χ4n) is 2.27. The Morgan fingerprint density at radius 3 is 1.84 bits per heavy atom. The van der Waals surface area contributed by atoms with Crippen molar-refractivity contribution in [1.29, 1.82) is 0 Å². The average molecular weight is 444 g/mol. The predicted octanol–water partition coefficient (Wildman–Crippen LogP) is 8.16. The van der Waals surface area contributed by atoms with Gasteiger partial charge >= 0.3 is 0 Å². The molecule has 3 N–H and O–H groups in total. The highest BCUT2D eigenvalue weighted by atomic mass is 14.9. The number of nitrogens with one attached hydrogen (secondary N) is 1. The molecule has 0 fully saturated rings. The Hall–Kier alpha value is -2.29. The lowest BCUT2D eigenvalue weighted by Crippen LogP contribution is -2.19. The van der Waals surface area contributed by atoms with E-state index in [0.29, 0.717) is 5.70 Å². The number of rotatable bonds is 9. The zero-order chi connectivity index (χ0) is 25.5. The maximum absolute atomic E-state index is 5.89. The Bertz CT molecular complexity index is 664. The van der Waals surface area contributed by atoms with Gasteiger partial charge in [0.1, 0.15) is 0 Å². The fraction of sp³-hybridized carbons (Fsp3) is 0.552. The summed E-state index contributed by atoms with van der Waals surface area (Å²) in [5.41, 5.74) is 13.4. The van der Waals surface area contributed by atoms with Crippen LogP contribution in [-0.2, 0) is 6.42 Å². The molecule has 3 nitrogen and oxygen atoms in total. The van der Waals surface area contributed by atoms with E-state index in [1.165, 1.54) is 36.0 Å². The van der Waals surface area contributed by atoms with E-state index in [2.05, 4.69) is 82.4 Å². The van der Waals surface area contributed by atoms with Gasteiger partial charge in [-0.3, -0.25) is 4.99 Å². The summed E-state index contributed by atoms with van der Waals surface area (Å²) in [4.78, 5) is 4.04. The monoisotopic (exact) mass is 443 g/mol. The lowest BCUT2D eigenvalue weighted by Gasteiger charge is -2.12. The van der Waals surface area contributed by atoms with Crippen LogP contribution in [0.1, 0.15) is 92.2 Å². The van der Waals surface area contributed by atoms with Crippen molar-refractivity contribution >= 4 is 5.71 Å². The number of nitrogens with two attached hydrogens (primary N) is 1. The molecule has 0 unspecified atom stereocenters. The summed E-state index contributed by atoms with van der Waals surface area (Å²) in [5.74, 6) is 0. The summed E-state index contributed by atoms with van der Waals surface area (Å²) < 4.78 is 0. The van der Waals surface area contributed by atoms with Crippen LogP contribution in [0, 0.1) is 6.92 Å². The highest BCUT2D eigenvalue weighted by Crippen LogP contribution is 2.08. The van der Waals surface area contributed by atoms with E-state index < -0.39 is 0 Å². The van der Waals surface area contributed by atoms with Crippen molar-refractivity contribution in [2.24, 2.45) is 10.7 Å². The quantitative estimate of drug-likeness (QED) is 0.230. The lowest BCUT2D eigenvalue weighted by atomic mass is 10.1. The van der Waals surface area contributed by atoms with Crippen molar-refractivity contribution in [3.05, 3.63) is 71.1 Å². The van der Waals surface area contributed by atoms with Crippen LogP contribution in [0.5, 0.6) is 0 Å². The van der Waals surface area contributed by atoms with Crippen LogP contribution in [0.4, 0.5) is 0 Å². The molecule has 0 bridgehead atoms. The van der Waals surface area contributed by atoms with E-state index in [0.717, 1.165) is 36.4 Å².